The van der Waals surface area contributed by atoms with Crippen LogP contribution in [0.5, 0.6) is 5.75 Å². The maximum atomic E-state index is 9.86. The van der Waals surface area contributed by atoms with Gasteiger partial charge in [0.1, 0.15) is 5.75 Å². The fourth-order valence-corrected chi connectivity index (χ4v) is 3.08. The van der Waals surface area contributed by atoms with Crippen LogP contribution in [0.2, 0.25) is 0 Å². The third-order valence-electron chi connectivity index (χ3n) is 4.51. The first-order chi connectivity index (χ1) is 10.9. The number of hydrogen-bond donors (Lipinski definition) is 1. The summed E-state index contributed by atoms with van der Waals surface area (Å²) < 4.78 is 5.83. The molecule has 1 heterocycles. The van der Waals surface area contributed by atoms with Gasteiger partial charge in [-0.3, -0.25) is 0 Å². The van der Waals surface area contributed by atoms with Gasteiger partial charge >= 0.3 is 0 Å². The standard InChI is InChI=1S/C21H28O2/c1-6-15(3)19-9-10-23-20(19)8-7-14(2)11-18-12-16(4)21(22)17(5)13-18/h9,11-13,20,22H,3,6-8,10H2,1-2,4-5H3/b14-11+. The summed E-state index contributed by atoms with van der Waals surface area (Å²) in [6.07, 6.45) is 7.52. The Kier molecular flexibility index (Phi) is 5.84. The molecule has 0 spiro atoms. The van der Waals surface area contributed by atoms with Crippen molar-refractivity contribution in [1.82, 2.24) is 0 Å². The van der Waals surface area contributed by atoms with Crippen molar-refractivity contribution in [2.75, 3.05) is 6.61 Å². The molecule has 1 aromatic carbocycles. The molecule has 0 aromatic heterocycles. The highest BCUT2D eigenvalue weighted by Crippen LogP contribution is 2.28. The number of allylic oxidation sites excluding steroid dienone is 1. The van der Waals surface area contributed by atoms with Crippen molar-refractivity contribution in [3.05, 3.63) is 58.2 Å². The minimum absolute atomic E-state index is 0.189. The Bertz CT molecular complexity index is 627. The summed E-state index contributed by atoms with van der Waals surface area (Å²) in [6.45, 7) is 13.0. The Hall–Kier alpha value is -1.80. The largest absolute Gasteiger partial charge is 0.507 e. The molecule has 2 rings (SSSR count). The fraction of sp³-hybridized carbons (Fsp3) is 0.429. The van der Waals surface area contributed by atoms with Crippen molar-refractivity contribution in [1.29, 1.82) is 0 Å². The van der Waals surface area contributed by atoms with Crippen LogP contribution in [0, 0.1) is 13.8 Å². The van der Waals surface area contributed by atoms with Crippen molar-refractivity contribution >= 4 is 6.08 Å². The van der Waals surface area contributed by atoms with Crippen LogP contribution < -0.4 is 0 Å². The van der Waals surface area contributed by atoms with E-state index in [9.17, 15) is 5.11 Å². The molecule has 0 saturated carbocycles. The van der Waals surface area contributed by atoms with Gasteiger partial charge in [0.05, 0.1) is 12.7 Å². The first-order valence-electron chi connectivity index (χ1n) is 8.39. The molecule has 0 amide bonds. The van der Waals surface area contributed by atoms with E-state index in [1.807, 2.05) is 26.0 Å². The van der Waals surface area contributed by atoms with E-state index >= 15 is 0 Å². The first kappa shape index (κ1) is 17.6. The Morgan fingerprint density at radius 3 is 2.61 bits per heavy atom. The van der Waals surface area contributed by atoms with Crippen molar-refractivity contribution in [3.63, 3.8) is 0 Å². The van der Waals surface area contributed by atoms with Gasteiger partial charge in [-0.25, -0.2) is 0 Å². The minimum atomic E-state index is 0.189. The summed E-state index contributed by atoms with van der Waals surface area (Å²) in [6, 6.07) is 4.06. The summed E-state index contributed by atoms with van der Waals surface area (Å²) >= 11 is 0. The highest BCUT2D eigenvalue weighted by Gasteiger charge is 2.21. The second-order valence-electron chi connectivity index (χ2n) is 6.47. The van der Waals surface area contributed by atoms with E-state index in [0.717, 1.165) is 36.0 Å². The van der Waals surface area contributed by atoms with Crippen LogP contribution in [0.3, 0.4) is 0 Å². The average Bonchev–Trinajstić information content (AvgIpc) is 2.98. The van der Waals surface area contributed by atoms with Crippen LogP contribution in [-0.4, -0.2) is 17.8 Å². The highest BCUT2D eigenvalue weighted by molar-refractivity contribution is 5.57. The van der Waals surface area contributed by atoms with Crippen LogP contribution in [0.1, 0.15) is 49.8 Å². The van der Waals surface area contributed by atoms with E-state index in [-0.39, 0.29) is 6.10 Å². The number of phenolic OH excluding ortho intramolecular Hbond substituents is 1. The van der Waals surface area contributed by atoms with Gasteiger partial charge in [0, 0.05) is 0 Å². The molecule has 0 radical (unpaired) electrons. The maximum absolute atomic E-state index is 9.86. The second kappa shape index (κ2) is 7.65. The number of aromatic hydroxyl groups is 1. The number of aryl methyl sites for hydroxylation is 2. The molecule has 0 fully saturated rings. The van der Waals surface area contributed by atoms with E-state index in [4.69, 9.17) is 4.74 Å². The molecule has 0 aliphatic carbocycles. The zero-order valence-electron chi connectivity index (χ0n) is 14.8. The first-order valence-corrected chi connectivity index (χ1v) is 8.39. The van der Waals surface area contributed by atoms with Crippen molar-refractivity contribution in [2.24, 2.45) is 0 Å². The molecule has 2 heteroatoms. The van der Waals surface area contributed by atoms with Crippen LogP contribution in [0.25, 0.3) is 6.08 Å². The number of ether oxygens (including phenoxy) is 1. The molecule has 0 bridgehead atoms. The van der Waals surface area contributed by atoms with Crippen LogP contribution in [0.4, 0.5) is 0 Å². The molecule has 1 unspecified atom stereocenters. The molecule has 0 saturated heterocycles. The van der Waals surface area contributed by atoms with Gasteiger partial charge in [-0.2, -0.15) is 0 Å². The summed E-state index contributed by atoms with van der Waals surface area (Å²) in [4.78, 5) is 0. The maximum Gasteiger partial charge on any atom is 0.121 e. The number of rotatable bonds is 6. The van der Waals surface area contributed by atoms with Gasteiger partial charge in [-0.15, -0.1) is 0 Å². The van der Waals surface area contributed by atoms with E-state index in [0.29, 0.717) is 12.4 Å². The van der Waals surface area contributed by atoms with E-state index in [1.54, 1.807) is 0 Å². The lowest BCUT2D eigenvalue weighted by Crippen LogP contribution is -2.11. The lowest BCUT2D eigenvalue weighted by molar-refractivity contribution is 0.116. The Labute approximate surface area is 140 Å². The fourth-order valence-electron chi connectivity index (χ4n) is 3.08. The summed E-state index contributed by atoms with van der Waals surface area (Å²) in [5.74, 6) is 0.395. The monoisotopic (exact) mass is 312 g/mol. The molecule has 1 N–H and O–H groups in total. The van der Waals surface area contributed by atoms with Gasteiger partial charge in [-0.1, -0.05) is 31.2 Å². The zero-order valence-corrected chi connectivity index (χ0v) is 14.8. The van der Waals surface area contributed by atoms with Gasteiger partial charge in [0.25, 0.3) is 0 Å². The zero-order chi connectivity index (χ0) is 17.0. The molecule has 1 aromatic rings. The second-order valence-corrected chi connectivity index (χ2v) is 6.47. The lowest BCUT2D eigenvalue weighted by Gasteiger charge is -2.16. The van der Waals surface area contributed by atoms with Gasteiger partial charge in [0.2, 0.25) is 0 Å². The quantitative estimate of drug-likeness (QED) is 0.753. The summed E-state index contributed by atoms with van der Waals surface area (Å²) in [5, 5.41) is 9.86. The molecule has 1 atom stereocenters. The molecule has 1 aliphatic heterocycles. The normalized spacial score (nSPS) is 18.2. The van der Waals surface area contributed by atoms with Crippen LogP contribution in [0.15, 0.2) is 41.5 Å². The van der Waals surface area contributed by atoms with Gasteiger partial charge in [-0.05, 0) is 80.0 Å². The number of hydrogen-bond acceptors (Lipinski definition) is 2. The van der Waals surface area contributed by atoms with E-state index in [2.05, 4.69) is 32.6 Å². The topological polar surface area (TPSA) is 29.5 Å². The Morgan fingerprint density at radius 2 is 2.00 bits per heavy atom. The van der Waals surface area contributed by atoms with Crippen LogP contribution >= 0.6 is 0 Å². The van der Waals surface area contributed by atoms with Gasteiger partial charge in [0.15, 0.2) is 0 Å². The van der Waals surface area contributed by atoms with Crippen LogP contribution in [-0.2, 0) is 4.74 Å². The molecular formula is C21H28O2. The van der Waals surface area contributed by atoms with E-state index in [1.165, 1.54) is 16.7 Å². The van der Waals surface area contributed by atoms with Gasteiger partial charge < -0.3 is 9.84 Å². The molecule has 1 aliphatic rings. The highest BCUT2D eigenvalue weighted by atomic mass is 16.5. The Balaban J connectivity index is 2.01. The molecule has 23 heavy (non-hydrogen) atoms. The van der Waals surface area contributed by atoms with E-state index < -0.39 is 0 Å². The molecule has 2 nitrogen and oxygen atoms in total. The minimum Gasteiger partial charge on any atom is -0.507 e. The smallest absolute Gasteiger partial charge is 0.121 e. The van der Waals surface area contributed by atoms with Crippen molar-refractivity contribution in [2.45, 2.75) is 53.1 Å². The number of phenols is 1. The predicted molar refractivity (Wildman–Crippen MR) is 97.7 cm³/mol. The summed E-state index contributed by atoms with van der Waals surface area (Å²) in [7, 11) is 0. The lowest BCUT2D eigenvalue weighted by atomic mass is 9.95. The molecular weight excluding hydrogens is 284 g/mol. The summed E-state index contributed by atoms with van der Waals surface area (Å²) in [5.41, 5.74) is 6.80. The van der Waals surface area contributed by atoms with Crippen molar-refractivity contribution in [3.8, 4) is 5.75 Å². The van der Waals surface area contributed by atoms with Crippen molar-refractivity contribution < 1.29 is 9.84 Å². The SMILES string of the molecule is C=C(CC)C1=CCOC1CC/C(C)=C/c1cc(C)c(O)c(C)c1. The molecule has 124 valence electrons. The third-order valence-corrected chi connectivity index (χ3v) is 4.51. The Morgan fingerprint density at radius 1 is 1.35 bits per heavy atom. The third kappa shape index (κ3) is 4.35. The average molecular weight is 312 g/mol. The predicted octanol–water partition coefficient (Wildman–Crippen LogP) is 5.48. The number of benzene rings is 1.